The molecule has 1 N–H and O–H groups in total. The molecule has 0 spiro atoms. The summed E-state index contributed by atoms with van der Waals surface area (Å²) in [5, 5.41) is 3.34. The first-order valence-electron chi connectivity index (χ1n) is 7.20. The van der Waals surface area contributed by atoms with Gasteiger partial charge in [-0.3, -0.25) is 0 Å². The van der Waals surface area contributed by atoms with Crippen LogP contribution in [0.3, 0.4) is 0 Å². The summed E-state index contributed by atoms with van der Waals surface area (Å²) in [6.07, 6.45) is 2.93. The van der Waals surface area contributed by atoms with Crippen LogP contribution < -0.4 is 10.2 Å². The topological polar surface area (TPSA) is 28.2 Å². The van der Waals surface area contributed by atoms with Crippen LogP contribution in [0, 0.1) is 0 Å². The molecular weight excluding hydrogens is 246 g/mol. The Labute approximate surface area is 121 Å². The summed E-state index contributed by atoms with van der Waals surface area (Å²) in [5.41, 5.74) is 2.64. The van der Waals surface area contributed by atoms with Gasteiger partial charge in [-0.25, -0.2) is 4.98 Å². The zero-order valence-electron chi connectivity index (χ0n) is 12.3. The van der Waals surface area contributed by atoms with E-state index in [-0.39, 0.29) is 0 Å². The fourth-order valence-electron chi connectivity index (χ4n) is 2.10. The zero-order chi connectivity index (χ0) is 14.2. The Morgan fingerprint density at radius 3 is 2.65 bits per heavy atom. The van der Waals surface area contributed by atoms with E-state index in [0.29, 0.717) is 0 Å². The summed E-state index contributed by atoms with van der Waals surface area (Å²) in [6, 6.07) is 14.8. The van der Waals surface area contributed by atoms with Crippen LogP contribution in [0.1, 0.15) is 18.1 Å². The predicted octanol–water partition coefficient (Wildman–Crippen LogP) is 2.87. The molecule has 0 amide bonds. The highest BCUT2D eigenvalue weighted by Gasteiger charge is 2.04. The Kier molecular flexibility index (Phi) is 5.56. The molecule has 0 saturated carbocycles. The molecule has 0 atom stereocenters. The Bertz CT molecular complexity index is 511. The number of benzene rings is 1. The number of pyridine rings is 1. The molecule has 3 nitrogen and oxygen atoms in total. The van der Waals surface area contributed by atoms with Crippen LogP contribution in [-0.4, -0.2) is 25.1 Å². The van der Waals surface area contributed by atoms with Gasteiger partial charge >= 0.3 is 0 Å². The fraction of sp³-hybridized carbons (Fsp3) is 0.353. The molecule has 0 saturated heterocycles. The van der Waals surface area contributed by atoms with E-state index in [9.17, 15) is 0 Å². The van der Waals surface area contributed by atoms with Crippen molar-refractivity contribution in [3.8, 4) is 0 Å². The summed E-state index contributed by atoms with van der Waals surface area (Å²) >= 11 is 0. The molecule has 0 fully saturated rings. The van der Waals surface area contributed by atoms with Crippen LogP contribution in [0.5, 0.6) is 0 Å². The van der Waals surface area contributed by atoms with Gasteiger partial charge in [-0.1, -0.05) is 37.3 Å². The molecule has 0 bridgehead atoms. The molecule has 2 rings (SSSR count). The van der Waals surface area contributed by atoms with E-state index in [1.165, 1.54) is 11.1 Å². The van der Waals surface area contributed by atoms with Crippen molar-refractivity contribution in [2.24, 2.45) is 0 Å². The van der Waals surface area contributed by atoms with Crippen LogP contribution in [-0.2, 0) is 13.0 Å². The monoisotopic (exact) mass is 269 g/mol. The molecule has 0 aliphatic rings. The number of nitrogens with zero attached hydrogens (tertiary/aromatic N) is 2. The lowest BCUT2D eigenvalue weighted by molar-refractivity contribution is 0.725. The molecule has 3 heteroatoms. The van der Waals surface area contributed by atoms with Crippen LogP contribution in [0.25, 0.3) is 0 Å². The number of likely N-dealkylation sites (N-methyl/N-ethyl adjacent to an activating group) is 1. The van der Waals surface area contributed by atoms with Crippen molar-refractivity contribution in [3.05, 3.63) is 59.8 Å². The maximum atomic E-state index is 4.46. The number of hydrogen-bond donors (Lipinski definition) is 1. The van der Waals surface area contributed by atoms with E-state index < -0.39 is 0 Å². The Morgan fingerprint density at radius 1 is 1.10 bits per heavy atom. The number of anilines is 1. The summed E-state index contributed by atoms with van der Waals surface area (Å²) in [5.74, 6) is 1.04. The minimum atomic E-state index is 0.901. The number of rotatable bonds is 7. The molecule has 0 aliphatic heterocycles. The van der Waals surface area contributed by atoms with Crippen LogP contribution in [0.2, 0.25) is 0 Å². The van der Waals surface area contributed by atoms with E-state index in [4.69, 9.17) is 0 Å². The first kappa shape index (κ1) is 14.5. The van der Waals surface area contributed by atoms with E-state index >= 15 is 0 Å². The normalized spacial score (nSPS) is 10.5. The van der Waals surface area contributed by atoms with Crippen molar-refractivity contribution in [1.29, 1.82) is 0 Å². The van der Waals surface area contributed by atoms with Crippen molar-refractivity contribution in [2.75, 3.05) is 25.0 Å². The van der Waals surface area contributed by atoms with Crippen molar-refractivity contribution in [2.45, 2.75) is 19.9 Å². The second-order valence-corrected chi connectivity index (χ2v) is 4.96. The first-order valence-corrected chi connectivity index (χ1v) is 7.20. The van der Waals surface area contributed by atoms with Gasteiger partial charge in [0.2, 0.25) is 0 Å². The highest BCUT2D eigenvalue weighted by molar-refractivity contribution is 5.40. The van der Waals surface area contributed by atoms with Crippen LogP contribution >= 0.6 is 0 Å². The summed E-state index contributed by atoms with van der Waals surface area (Å²) < 4.78 is 0. The molecule has 1 aromatic carbocycles. The maximum absolute atomic E-state index is 4.46. The van der Waals surface area contributed by atoms with Crippen molar-refractivity contribution in [1.82, 2.24) is 10.3 Å². The average Bonchev–Trinajstić information content (AvgIpc) is 2.52. The van der Waals surface area contributed by atoms with Crippen LogP contribution in [0.15, 0.2) is 48.7 Å². The van der Waals surface area contributed by atoms with Crippen molar-refractivity contribution < 1.29 is 0 Å². The number of aromatic nitrogens is 1. The lowest BCUT2D eigenvalue weighted by Gasteiger charge is -2.19. The zero-order valence-corrected chi connectivity index (χ0v) is 12.3. The van der Waals surface area contributed by atoms with Crippen molar-refractivity contribution >= 4 is 5.82 Å². The predicted molar refractivity (Wildman–Crippen MR) is 85.0 cm³/mol. The molecule has 1 aromatic heterocycles. The molecule has 0 unspecified atom stereocenters. The molecule has 2 aromatic rings. The number of hydrogen-bond acceptors (Lipinski definition) is 3. The maximum Gasteiger partial charge on any atom is 0.128 e. The second kappa shape index (κ2) is 7.65. The van der Waals surface area contributed by atoms with E-state index in [1.54, 1.807) is 0 Å². The van der Waals surface area contributed by atoms with Gasteiger partial charge in [0.25, 0.3) is 0 Å². The third kappa shape index (κ3) is 4.35. The van der Waals surface area contributed by atoms with Crippen molar-refractivity contribution in [3.63, 3.8) is 0 Å². The van der Waals surface area contributed by atoms with E-state index in [0.717, 1.165) is 31.9 Å². The largest absolute Gasteiger partial charge is 0.359 e. The molecule has 0 aliphatic carbocycles. The Morgan fingerprint density at radius 2 is 1.90 bits per heavy atom. The van der Waals surface area contributed by atoms with E-state index in [1.807, 2.05) is 6.20 Å². The third-order valence-corrected chi connectivity index (χ3v) is 3.36. The van der Waals surface area contributed by atoms with Crippen LogP contribution in [0.4, 0.5) is 5.82 Å². The van der Waals surface area contributed by atoms with Gasteiger partial charge in [0.05, 0.1) is 0 Å². The lowest BCUT2D eigenvalue weighted by Crippen LogP contribution is -2.22. The Balaban J connectivity index is 1.93. The minimum absolute atomic E-state index is 0.901. The minimum Gasteiger partial charge on any atom is -0.359 e. The molecular formula is C17H23N3. The highest BCUT2D eigenvalue weighted by atomic mass is 15.2. The first-order chi connectivity index (χ1) is 9.79. The van der Waals surface area contributed by atoms with Gasteiger partial charge in [-0.15, -0.1) is 0 Å². The van der Waals surface area contributed by atoms with Gasteiger partial charge in [-0.2, -0.15) is 0 Å². The molecule has 0 radical (unpaired) electrons. The number of nitrogens with one attached hydrogen (secondary N) is 1. The quantitative estimate of drug-likeness (QED) is 0.837. The van der Waals surface area contributed by atoms with Gasteiger partial charge in [0.15, 0.2) is 0 Å². The summed E-state index contributed by atoms with van der Waals surface area (Å²) in [4.78, 5) is 6.67. The van der Waals surface area contributed by atoms with Gasteiger partial charge in [0.1, 0.15) is 5.82 Å². The SMILES string of the molecule is CCNCc1ccnc(N(C)CCc2ccccc2)c1. The smallest absolute Gasteiger partial charge is 0.128 e. The molecule has 106 valence electrons. The highest BCUT2D eigenvalue weighted by Crippen LogP contribution is 2.12. The fourth-order valence-corrected chi connectivity index (χ4v) is 2.10. The second-order valence-electron chi connectivity index (χ2n) is 4.96. The summed E-state index contributed by atoms with van der Waals surface area (Å²) in [7, 11) is 2.10. The third-order valence-electron chi connectivity index (χ3n) is 3.36. The van der Waals surface area contributed by atoms with E-state index in [2.05, 4.69) is 71.6 Å². The summed E-state index contributed by atoms with van der Waals surface area (Å²) in [6.45, 7) is 4.98. The Hall–Kier alpha value is -1.87. The van der Waals surface area contributed by atoms with Gasteiger partial charge in [0, 0.05) is 26.3 Å². The molecule has 20 heavy (non-hydrogen) atoms. The average molecular weight is 269 g/mol. The standard InChI is InChI=1S/C17H23N3/c1-3-18-14-16-9-11-19-17(13-16)20(2)12-10-15-7-5-4-6-8-15/h4-9,11,13,18H,3,10,12,14H2,1-2H3. The van der Waals surface area contributed by atoms with Gasteiger partial charge in [-0.05, 0) is 36.2 Å². The molecule has 1 heterocycles. The lowest BCUT2D eigenvalue weighted by atomic mass is 10.1. The van der Waals surface area contributed by atoms with Gasteiger partial charge < -0.3 is 10.2 Å².